The zero-order valence-electron chi connectivity index (χ0n) is 16.0. The molecule has 0 spiro atoms. The molecule has 1 saturated heterocycles. The van der Waals surface area contributed by atoms with E-state index in [1.54, 1.807) is 4.90 Å². The van der Waals surface area contributed by atoms with Gasteiger partial charge in [-0.05, 0) is 64.4 Å². The minimum absolute atomic E-state index is 0.0509. The highest BCUT2D eigenvalue weighted by Crippen LogP contribution is 2.54. The molecule has 1 aromatic carbocycles. The lowest BCUT2D eigenvalue weighted by Crippen LogP contribution is -2.49. The molecule has 0 saturated carbocycles. The normalized spacial score (nSPS) is 27.0. The molecular weight excluding hydrogens is 328 g/mol. The average molecular weight is 358 g/mol. The van der Waals surface area contributed by atoms with E-state index in [9.17, 15) is 9.90 Å². The Balaban J connectivity index is 1.67. The van der Waals surface area contributed by atoms with Crippen LogP contribution in [0.2, 0.25) is 0 Å². The first-order valence-corrected chi connectivity index (χ1v) is 9.94. The highest BCUT2D eigenvalue weighted by atomic mass is 16.3. The van der Waals surface area contributed by atoms with E-state index in [2.05, 4.69) is 17.4 Å². The molecule has 0 bridgehead atoms. The first kappa shape index (κ1) is 17.5. The van der Waals surface area contributed by atoms with Gasteiger partial charge >= 0.3 is 6.03 Å². The summed E-state index contributed by atoms with van der Waals surface area (Å²) in [6.07, 6.45) is 3.41. The Morgan fingerprint density at radius 3 is 2.81 bits per heavy atom. The molecule has 142 valence electrons. The SMILES string of the molecule is CCN(CC)C(=O)NN1CC2C[C@@H]3[C@H](CCCN3C)c3c(O)ccc1c32. The van der Waals surface area contributed by atoms with Gasteiger partial charge in [-0.3, -0.25) is 5.01 Å². The van der Waals surface area contributed by atoms with E-state index in [1.807, 2.05) is 31.0 Å². The Labute approximate surface area is 155 Å². The van der Waals surface area contributed by atoms with Crippen molar-refractivity contribution in [3.63, 3.8) is 0 Å². The lowest BCUT2D eigenvalue weighted by Gasteiger charge is -2.44. The van der Waals surface area contributed by atoms with Gasteiger partial charge in [0, 0.05) is 43.1 Å². The Kier molecular flexibility index (Phi) is 4.47. The maximum atomic E-state index is 12.6. The maximum absolute atomic E-state index is 12.6. The molecule has 1 unspecified atom stereocenters. The van der Waals surface area contributed by atoms with Crippen LogP contribution in [0.4, 0.5) is 10.5 Å². The summed E-state index contributed by atoms with van der Waals surface area (Å²) in [5, 5.41) is 12.7. The molecule has 3 aliphatic rings. The number of hydrazine groups is 1. The fraction of sp³-hybridized carbons (Fsp3) is 0.650. The van der Waals surface area contributed by atoms with E-state index in [-0.39, 0.29) is 6.03 Å². The van der Waals surface area contributed by atoms with Crippen molar-refractivity contribution in [2.75, 3.05) is 38.2 Å². The lowest BCUT2D eigenvalue weighted by atomic mass is 9.70. The van der Waals surface area contributed by atoms with Gasteiger partial charge in [0.15, 0.2) is 0 Å². The van der Waals surface area contributed by atoms with Crippen LogP contribution >= 0.6 is 0 Å². The number of likely N-dealkylation sites (N-methyl/N-ethyl adjacent to an activating group) is 1. The van der Waals surface area contributed by atoms with Crippen molar-refractivity contribution in [1.82, 2.24) is 15.2 Å². The second kappa shape index (κ2) is 6.65. The van der Waals surface area contributed by atoms with Crippen molar-refractivity contribution >= 4 is 11.7 Å². The Bertz CT molecular complexity index is 703. The minimum Gasteiger partial charge on any atom is -0.508 e. The lowest BCUT2D eigenvalue weighted by molar-refractivity contribution is 0.134. The number of carbonyl (C=O) groups is 1. The summed E-state index contributed by atoms with van der Waals surface area (Å²) in [5.74, 6) is 1.19. The second-order valence-corrected chi connectivity index (χ2v) is 7.86. The number of likely N-dealkylation sites (tertiary alicyclic amines) is 1. The number of carbonyl (C=O) groups excluding carboxylic acids is 1. The molecule has 2 amide bonds. The molecular formula is C20H30N4O2. The van der Waals surface area contributed by atoms with Crippen molar-refractivity contribution in [3.05, 3.63) is 23.3 Å². The summed E-state index contributed by atoms with van der Waals surface area (Å²) in [4.78, 5) is 16.8. The van der Waals surface area contributed by atoms with Crippen LogP contribution in [-0.2, 0) is 0 Å². The van der Waals surface area contributed by atoms with E-state index >= 15 is 0 Å². The number of benzene rings is 1. The topological polar surface area (TPSA) is 59.1 Å². The number of hydrogen-bond acceptors (Lipinski definition) is 4. The number of anilines is 1. The van der Waals surface area contributed by atoms with Crippen molar-refractivity contribution < 1.29 is 9.90 Å². The van der Waals surface area contributed by atoms with Gasteiger partial charge in [0.05, 0.1) is 5.69 Å². The molecule has 0 radical (unpaired) electrons. The number of rotatable bonds is 3. The third-order valence-corrected chi connectivity index (χ3v) is 6.58. The van der Waals surface area contributed by atoms with Gasteiger partial charge in [0.1, 0.15) is 5.75 Å². The average Bonchev–Trinajstić information content (AvgIpc) is 2.97. The van der Waals surface area contributed by atoms with Crippen LogP contribution in [0.3, 0.4) is 0 Å². The van der Waals surface area contributed by atoms with Gasteiger partial charge < -0.3 is 14.9 Å². The number of nitrogens with zero attached hydrogens (tertiary/aromatic N) is 3. The highest BCUT2D eigenvalue weighted by molar-refractivity contribution is 5.78. The molecule has 6 heteroatoms. The van der Waals surface area contributed by atoms with Gasteiger partial charge in [0.25, 0.3) is 0 Å². The Morgan fingerprint density at radius 1 is 1.31 bits per heavy atom. The molecule has 26 heavy (non-hydrogen) atoms. The van der Waals surface area contributed by atoms with Crippen LogP contribution in [0, 0.1) is 0 Å². The molecule has 2 aliphatic heterocycles. The fourth-order valence-corrected chi connectivity index (χ4v) is 5.27. The van der Waals surface area contributed by atoms with Gasteiger partial charge in [-0.25, -0.2) is 10.2 Å². The maximum Gasteiger partial charge on any atom is 0.336 e. The van der Waals surface area contributed by atoms with Gasteiger partial charge in [-0.2, -0.15) is 0 Å². The number of piperidine rings is 1. The summed E-state index contributed by atoms with van der Waals surface area (Å²) >= 11 is 0. The summed E-state index contributed by atoms with van der Waals surface area (Å²) in [7, 11) is 2.21. The number of urea groups is 1. The molecule has 0 aromatic heterocycles. The van der Waals surface area contributed by atoms with Crippen molar-refractivity contribution in [3.8, 4) is 5.75 Å². The van der Waals surface area contributed by atoms with Crippen molar-refractivity contribution in [2.24, 2.45) is 0 Å². The first-order chi connectivity index (χ1) is 12.5. The predicted octanol–water partition coefficient (Wildman–Crippen LogP) is 2.84. The molecule has 1 fully saturated rings. The van der Waals surface area contributed by atoms with Gasteiger partial charge in [-0.1, -0.05) is 0 Å². The van der Waals surface area contributed by atoms with Crippen LogP contribution in [0.5, 0.6) is 5.75 Å². The molecule has 4 rings (SSSR count). The van der Waals surface area contributed by atoms with E-state index in [4.69, 9.17) is 0 Å². The monoisotopic (exact) mass is 358 g/mol. The summed E-state index contributed by atoms with van der Waals surface area (Å²) in [5.41, 5.74) is 6.56. The molecule has 2 N–H and O–H groups in total. The standard InChI is InChI=1S/C20H30N4O2/c1-4-23(5-2)20(26)21-24-12-13-11-16-14(7-6-10-22(16)3)19-17(25)9-8-15(24)18(13)19/h8-9,13-14,16,25H,4-7,10-12H2,1-3H3,(H,21,26)/t13?,14-,16+/m0/s1. The molecule has 6 nitrogen and oxygen atoms in total. The van der Waals surface area contributed by atoms with Crippen molar-refractivity contribution in [2.45, 2.75) is 51.0 Å². The van der Waals surface area contributed by atoms with Crippen LogP contribution in [0.25, 0.3) is 0 Å². The van der Waals surface area contributed by atoms with E-state index < -0.39 is 0 Å². The number of phenols is 1. The molecule has 1 aliphatic carbocycles. The van der Waals surface area contributed by atoms with Crippen LogP contribution in [0.15, 0.2) is 12.1 Å². The van der Waals surface area contributed by atoms with E-state index in [0.29, 0.717) is 36.7 Å². The number of hydrogen-bond donors (Lipinski definition) is 2. The number of phenolic OH excluding ortho intramolecular Hbond substituents is 1. The summed E-state index contributed by atoms with van der Waals surface area (Å²) in [6.45, 7) is 7.30. The zero-order chi connectivity index (χ0) is 18.4. The largest absolute Gasteiger partial charge is 0.508 e. The van der Waals surface area contributed by atoms with Crippen molar-refractivity contribution in [1.29, 1.82) is 0 Å². The van der Waals surface area contributed by atoms with Crippen LogP contribution in [0.1, 0.15) is 56.1 Å². The summed E-state index contributed by atoms with van der Waals surface area (Å²) in [6, 6.07) is 4.21. The second-order valence-electron chi connectivity index (χ2n) is 7.86. The fourth-order valence-electron chi connectivity index (χ4n) is 5.27. The Hall–Kier alpha value is -1.95. The Morgan fingerprint density at radius 2 is 2.08 bits per heavy atom. The zero-order valence-corrected chi connectivity index (χ0v) is 16.0. The number of nitrogens with one attached hydrogen (secondary N) is 1. The van der Waals surface area contributed by atoms with Gasteiger partial charge in [0.2, 0.25) is 0 Å². The van der Waals surface area contributed by atoms with E-state index in [0.717, 1.165) is 37.2 Å². The highest BCUT2D eigenvalue weighted by Gasteiger charge is 2.45. The third-order valence-electron chi connectivity index (χ3n) is 6.58. The van der Waals surface area contributed by atoms with Crippen LogP contribution < -0.4 is 10.4 Å². The third kappa shape index (κ3) is 2.62. The summed E-state index contributed by atoms with van der Waals surface area (Å²) < 4.78 is 0. The molecule has 3 atom stereocenters. The van der Waals surface area contributed by atoms with Crippen LogP contribution in [-0.4, -0.2) is 60.2 Å². The quantitative estimate of drug-likeness (QED) is 0.872. The number of amides is 2. The van der Waals surface area contributed by atoms with Gasteiger partial charge in [-0.15, -0.1) is 0 Å². The van der Waals surface area contributed by atoms with E-state index in [1.165, 1.54) is 12.0 Å². The molecule has 1 aromatic rings. The number of fused-ring (bicyclic) bond motifs is 2. The predicted molar refractivity (Wildman–Crippen MR) is 103 cm³/mol. The minimum atomic E-state index is -0.0509. The smallest absolute Gasteiger partial charge is 0.336 e. The molecule has 2 heterocycles. The first-order valence-electron chi connectivity index (χ1n) is 9.94. The number of aromatic hydroxyl groups is 1.